The van der Waals surface area contributed by atoms with Gasteiger partial charge in [-0.1, -0.05) is 13.8 Å². The Morgan fingerprint density at radius 2 is 1.43 bits per heavy atom. The minimum absolute atomic E-state index is 0.319. The summed E-state index contributed by atoms with van der Waals surface area (Å²) in [6.07, 6.45) is 0. The van der Waals surface area contributed by atoms with Crippen molar-refractivity contribution in [1.29, 1.82) is 0 Å². The second-order valence-corrected chi connectivity index (χ2v) is 5.94. The third kappa shape index (κ3) is 3.58. The Morgan fingerprint density at radius 1 is 1.00 bits per heavy atom. The summed E-state index contributed by atoms with van der Waals surface area (Å²) in [5.74, 6) is 1.53. The van der Waals surface area contributed by atoms with Crippen LogP contribution in [0.15, 0.2) is 0 Å². The van der Waals surface area contributed by atoms with Gasteiger partial charge in [-0.05, 0) is 45.7 Å². The lowest BCUT2D eigenvalue weighted by molar-refractivity contribution is 0.0879. The van der Waals surface area contributed by atoms with Gasteiger partial charge in [0.05, 0.1) is 0 Å². The van der Waals surface area contributed by atoms with E-state index in [0.29, 0.717) is 5.54 Å². The van der Waals surface area contributed by atoms with E-state index >= 15 is 0 Å². The van der Waals surface area contributed by atoms with E-state index < -0.39 is 0 Å². The van der Waals surface area contributed by atoms with Gasteiger partial charge in [-0.15, -0.1) is 0 Å². The third-order valence-corrected chi connectivity index (χ3v) is 3.00. The first-order valence-electron chi connectivity index (χ1n) is 5.85. The molecule has 2 heteroatoms. The molecule has 0 amide bonds. The molecule has 0 radical (unpaired) electrons. The lowest BCUT2D eigenvalue weighted by Gasteiger charge is -2.40. The van der Waals surface area contributed by atoms with Gasteiger partial charge >= 0.3 is 0 Å². The maximum absolute atomic E-state index is 3.53. The van der Waals surface area contributed by atoms with Crippen LogP contribution in [0.2, 0.25) is 0 Å². The number of hydrogen-bond acceptors (Lipinski definition) is 2. The molecule has 84 valence electrons. The van der Waals surface area contributed by atoms with Gasteiger partial charge in [-0.3, -0.25) is 4.90 Å². The van der Waals surface area contributed by atoms with Gasteiger partial charge in [0.25, 0.3) is 0 Å². The Morgan fingerprint density at radius 3 is 1.79 bits per heavy atom. The molecule has 1 rings (SSSR count). The van der Waals surface area contributed by atoms with Crippen molar-refractivity contribution in [1.82, 2.24) is 10.2 Å². The molecule has 1 fully saturated rings. The second-order valence-electron chi connectivity index (χ2n) is 5.94. The summed E-state index contributed by atoms with van der Waals surface area (Å²) >= 11 is 0. The van der Waals surface area contributed by atoms with Crippen molar-refractivity contribution in [3.8, 4) is 0 Å². The van der Waals surface area contributed by atoms with Crippen LogP contribution in [0, 0.1) is 11.8 Å². The largest absolute Gasteiger partial charge is 0.316 e. The molecule has 0 aliphatic carbocycles. The predicted octanol–water partition coefficient (Wildman–Crippen LogP) is 1.96. The number of rotatable bonds is 0. The Labute approximate surface area is 89.1 Å². The van der Waals surface area contributed by atoms with Gasteiger partial charge in [0.1, 0.15) is 0 Å². The van der Waals surface area contributed by atoms with Crippen LogP contribution in [0.25, 0.3) is 0 Å². The van der Waals surface area contributed by atoms with Crippen molar-refractivity contribution in [3.05, 3.63) is 0 Å². The minimum Gasteiger partial charge on any atom is -0.316 e. The molecule has 1 N–H and O–H groups in total. The van der Waals surface area contributed by atoms with Gasteiger partial charge in [0.2, 0.25) is 0 Å². The van der Waals surface area contributed by atoms with E-state index in [4.69, 9.17) is 0 Å². The third-order valence-electron chi connectivity index (χ3n) is 3.00. The topological polar surface area (TPSA) is 15.3 Å². The summed E-state index contributed by atoms with van der Waals surface area (Å²) < 4.78 is 0. The van der Waals surface area contributed by atoms with E-state index in [1.165, 1.54) is 13.1 Å². The summed E-state index contributed by atoms with van der Waals surface area (Å²) in [6.45, 7) is 16.4. The molecule has 1 saturated heterocycles. The summed E-state index contributed by atoms with van der Waals surface area (Å²) in [7, 11) is 0. The van der Waals surface area contributed by atoms with Gasteiger partial charge < -0.3 is 5.32 Å². The van der Waals surface area contributed by atoms with Crippen molar-refractivity contribution < 1.29 is 0 Å². The molecule has 2 nitrogen and oxygen atoms in total. The molecule has 2 unspecified atom stereocenters. The molecule has 0 spiro atoms. The summed E-state index contributed by atoms with van der Waals surface area (Å²) in [5, 5.41) is 3.53. The Kier molecular flexibility index (Phi) is 3.96. The lowest BCUT2D eigenvalue weighted by atomic mass is 9.98. The highest BCUT2D eigenvalue weighted by Crippen LogP contribution is 2.18. The highest BCUT2D eigenvalue weighted by Gasteiger charge is 2.25. The Balaban J connectivity index is 2.60. The standard InChI is InChI=1S/C12H26N2/c1-10-6-13-7-11(2)9-14(8-10)12(3,4)5/h10-11,13H,6-9H2,1-5H3. The normalized spacial score (nSPS) is 32.4. The van der Waals surface area contributed by atoms with E-state index in [1.807, 2.05) is 0 Å². The summed E-state index contributed by atoms with van der Waals surface area (Å²) in [6, 6.07) is 0. The molecule has 2 atom stereocenters. The molecule has 1 aliphatic heterocycles. The average Bonchev–Trinajstić information content (AvgIpc) is 1.98. The maximum atomic E-state index is 3.53. The van der Waals surface area contributed by atoms with Crippen molar-refractivity contribution >= 4 is 0 Å². The SMILES string of the molecule is CC1CNCC(C)CN(C(C)(C)C)C1. The smallest absolute Gasteiger partial charge is 0.0125 e. The fourth-order valence-corrected chi connectivity index (χ4v) is 2.08. The molecule has 0 aromatic heterocycles. The van der Waals surface area contributed by atoms with E-state index in [1.54, 1.807) is 0 Å². The molecule has 0 saturated carbocycles. The monoisotopic (exact) mass is 198 g/mol. The van der Waals surface area contributed by atoms with Crippen LogP contribution in [-0.2, 0) is 0 Å². The first-order valence-corrected chi connectivity index (χ1v) is 5.85. The van der Waals surface area contributed by atoms with Crippen molar-refractivity contribution in [2.75, 3.05) is 26.2 Å². The molecular formula is C12H26N2. The van der Waals surface area contributed by atoms with Crippen LogP contribution in [0.5, 0.6) is 0 Å². The summed E-state index contributed by atoms with van der Waals surface area (Å²) in [5.41, 5.74) is 0.319. The van der Waals surface area contributed by atoms with Crippen LogP contribution < -0.4 is 5.32 Å². The molecule has 0 aromatic rings. The van der Waals surface area contributed by atoms with Crippen LogP contribution >= 0.6 is 0 Å². The van der Waals surface area contributed by atoms with E-state index in [9.17, 15) is 0 Å². The first kappa shape index (κ1) is 12.0. The Bertz CT molecular complexity index is 160. The highest BCUT2D eigenvalue weighted by atomic mass is 15.2. The Hall–Kier alpha value is -0.0800. The van der Waals surface area contributed by atoms with Crippen molar-refractivity contribution in [3.63, 3.8) is 0 Å². The van der Waals surface area contributed by atoms with Crippen molar-refractivity contribution in [2.45, 2.75) is 40.2 Å². The number of nitrogens with one attached hydrogen (secondary N) is 1. The minimum atomic E-state index is 0.319. The molecule has 0 bridgehead atoms. The fraction of sp³-hybridized carbons (Fsp3) is 1.00. The lowest BCUT2D eigenvalue weighted by Crippen LogP contribution is -2.50. The predicted molar refractivity (Wildman–Crippen MR) is 62.5 cm³/mol. The molecule has 1 aliphatic rings. The second kappa shape index (κ2) is 4.63. The van der Waals surface area contributed by atoms with Gasteiger partial charge in [0, 0.05) is 18.6 Å². The van der Waals surface area contributed by atoms with Crippen LogP contribution in [-0.4, -0.2) is 36.6 Å². The maximum Gasteiger partial charge on any atom is 0.0125 e. The molecular weight excluding hydrogens is 172 g/mol. The van der Waals surface area contributed by atoms with Crippen LogP contribution in [0.1, 0.15) is 34.6 Å². The fourth-order valence-electron chi connectivity index (χ4n) is 2.08. The quantitative estimate of drug-likeness (QED) is 0.640. The summed E-state index contributed by atoms with van der Waals surface area (Å²) in [4.78, 5) is 2.63. The zero-order valence-corrected chi connectivity index (χ0v) is 10.4. The van der Waals surface area contributed by atoms with E-state index in [0.717, 1.165) is 24.9 Å². The zero-order valence-electron chi connectivity index (χ0n) is 10.4. The first-order chi connectivity index (χ1) is 6.39. The van der Waals surface area contributed by atoms with Gasteiger partial charge in [0.15, 0.2) is 0 Å². The molecule has 0 aromatic carbocycles. The zero-order chi connectivity index (χ0) is 10.8. The van der Waals surface area contributed by atoms with E-state index in [-0.39, 0.29) is 0 Å². The highest BCUT2D eigenvalue weighted by molar-refractivity contribution is 4.82. The average molecular weight is 198 g/mol. The molecule has 1 heterocycles. The van der Waals surface area contributed by atoms with E-state index in [2.05, 4.69) is 44.8 Å². The van der Waals surface area contributed by atoms with Gasteiger partial charge in [-0.2, -0.15) is 0 Å². The number of nitrogens with zero attached hydrogens (tertiary/aromatic N) is 1. The van der Waals surface area contributed by atoms with Crippen LogP contribution in [0.4, 0.5) is 0 Å². The van der Waals surface area contributed by atoms with Gasteiger partial charge in [-0.25, -0.2) is 0 Å². The van der Waals surface area contributed by atoms with Crippen molar-refractivity contribution in [2.24, 2.45) is 11.8 Å². The molecule has 14 heavy (non-hydrogen) atoms. The number of hydrogen-bond donors (Lipinski definition) is 1. The van der Waals surface area contributed by atoms with Crippen LogP contribution in [0.3, 0.4) is 0 Å².